The van der Waals surface area contributed by atoms with Crippen LogP contribution in [0.4, 0.5) is 5.82 Å². The molecule has 5 rings (SSSR count). The van der Waals surface area contributed by atoms with E-state index in [2.05, 4.69) is 20.4 Å². The van der Waals surface area contributed by atoms with Gasteiger partial charge in [0.1, 0.15) is 11.6 Å². The molecule has 1 amide bonds. The third-order valence-electron chi connectivity index (χ3n) is 5.18. The SMILES string of the molecule is COc1cccc([C@H]2CC(=O)Nc3c2c(C)nn3-c2nc3ccccc3[nH]2)c1. The van der Waals surface area contributed by atoms with Crippen molar-refractivity contribution < 1.29 is 9.53 Å². The van der Waals surface area contributed by atoms with Gasteiger partial charge in [0.05, 0.1) is 23.8 Å². The molecule has 140 valence electrons. The zero-order valence-electron chi connectivity index (χ0n) is 15.6. The second kappa shape index (κ2) is 6.23. The largest absolute Gasteiger partial charge is 0.497 e. The lowest BCUT2D eigenvalue weighted by atomic mass is 9.86. The number of hydrogen-bond donors (Lipinski definition) is 2. The van der Waals surface area contributed by atoms with E-state index in [9.17, 15) is 4.79 Å². The molecule has 7 heteroatoms. The van der Waals surface area contributed by atoms with Crippen molar-refractivity contribution in [3.8, 4) is 11.7 Å². The van der Waals surface area contributed by atoms with Gasteiger partial charge in [0.15, 0.2) is 0 Å². The molecule has 0 bridgehead atoms. The minimum absolute atomic E-state index is 0.0439. The van der Waals surface area contributed by atoms with Crippen LogP contribution in [0.5, 0.6) is 5.75 Å². The van der Waals surface area contributed by atoms with E-state index in [1.165, 1.54) is 0 Å². The Morgan fingerprint density at radius 2 is 2.04 bits per heavy atom. The number of benzene rings is 2. The molecule has 0 unspecified atom stereocenters. The topological polar surface area (TPSA) is 84.8 Å². The zero-order chi connectivity index (χ0) is 19.3. The van der Waals surface area contributed by atoms with Crippen LogP contribution in [0.1, 0.15) is 29.2 Å². The highest BCUT2D eigenvalue weighted by Gasteiger charge is 2.33. The van der Waals surface area contributed by atoms with Crippen molar-refractivity contribution in [2.45, 2.75) is 19.3 Å². The number of aryl methyl sites for hydroxylation is 1. The fourth-order valence-corrected chi connectivity index (χ4v) is 3.88. The smallest absolute Gasteiger partial charge is 0.231 e. The molecule has 0 spiro atoms. The summed E-state index contributed by atoms with van der Waals surface area (Å²) in [5.74, 6) is 1.89. The number of nitrogens with zero attached hydrogens (tertiary/aromatic N) is 3. The van der Waals surface area contributed by atoms with Crippen molar-refractivity contribution in [1.82, 2.24) is 19.7 Å². The van der Waals surface area contributed by atoms with Crippen LogP contribution in [-0.2, 0) is 4.79 Å². The number of carbonyl (C=O) groups is 1. The molecule has 0 fully saturated rings. The lowest BCUT2D eigenvalue weighted by Crippen LogP contribution is -2.25. The molecule has 1 atom stereocenters. The highest BCUT2D eigenvalue weighted by Crippen LogP contribution is 2.40. The molecule has 0 radical (unpaired) electrons. The first-order chi connectivity index (χ1) is 13.6. The third-order valence-corrected chi connectivity index (χ3v) is 5.18. The quantitative estimate of drug-likeness (QED) is 0.575. The van der Waals surface area contributed by atoms with Gasteiger partial charge in [0, 0.05) is 17.9 Å². The Bertz CT molecular complexity index is 1170. The Kier molecular flexibility index (Phi) is 3.68. The summed E-state index contributed by atoms with van der Waals surface area (Å²) in [6.07, 6.45) is 0.368. The first kappa shape index (κ1) is 16.6. The Balaban J connectivity index is 1.67. The summed E-state index contributed by atoms with van der Waals surface area (Å²) in [7, 11) is 1.64. The van der Waals surface area contributed by atoms with Gasteiger partial charge in [-0.05, 0) is 36.8 Å². The number of amides is 1. The van der Waals surface area contributed by atoms with E-state index in [4.69, 9.17) is 4.74 Å². The first-order valence-corrected chi connectivity index (χ1v) is 9.12. The second-order valence-electron chi connectivity index (χ2n) is 6.92. The number of nitrogens with one attached hydrogen (secondary N) is 2. The molecular weight excluding hydrogens is 354 g/mol. The normalized spacial score (nSPS) is 16.1. The minimum Gasteiger partial charge on any atom is -0.497 e. The Morgan fingerprint density at radius 1 is 1.18 bits per heavy atom. The molecule has 4 aromatic rings. The summed E-state index contributed by atoms with van der Waals surface area (Å²) in [5, 5.41) is 7.68. The average Bonchev–Trinajstić information content (AvgIpc) is 3.28. The van der Waals surface area contributed by atoms with Gasteiger partial charge in [0.25, 0.3) is 0 Å². The van der Waals surface area contributed by atoms with Gasteiger partial charge in [-0.2, -0.15) is 9.78 Å². The van der Waals surface area contributed by atoms with E-state index in [-0.39, 0.29) is 11.8 Å². The number of aromatic amines is 1. The summed E-state index contributed by atoms with van der Waals surface area (Å²) in [4.78, 5) is 20.4. The van der Waals surface area contributed by atoms with Gasteiger partial charge in [-0.3, -0.25) is 4.79 Å². The number of rotatable bonds is 3. The van der Waals surface area contributed by atoms with Crippen LogP contribution in [0.3, 0.4) is 0 Å². The molecule has 2 N–H and O–H groups in total. The van der Waals surface area contributed by atoms with Crippen LogP contribution in [0.2, 0.25) is 0 Å². The van der Waals surface area contributed by atoms with E-state index in [0.717, 1.165) is 33.6 Å². The molecule has 0 saturated carbocycles. The second-order valence-corrected chi connectivity index (χ2v) is 6.92. The van der Waals surface area contributed by atoms with E-state index >= 15 is 0 Å². The minimum atomic E-state index is -0.0861. The number of ether oxygens (including phenoxy) is 1. The predicted octanol–water partition coefficient (Wildman–Crippen LogP) is 3.54. The molecular formula is C21H19N5O2. The number of aromatic nitrogens is 4. The van der Waals surface area contributed by atoms with Gasteiger partial charge in [0.2, 0.25) is 11.9 Å². The van der Waals surface area contributed by atoms with Gasteiger partial charge in [-0.1, -0.05) is 24.3 Å². The van der Waals surface area contributed by atoms with Gasteiger partial charge in [-0.25, -0.2) is 4.98 Å². The van der Waals surface area contributed by atoms with Crippen LogP contribution >= 0.6 is 0 Å². The molecule has 1 aliphatic heterocycles. The summed E-state index contributed by atoms with van der Waals surface area (Å²) in [6, 6.07) is 15.6. The van der Waals surface area contributed by atoms with E-state index in [0.29, 0.717) is 18.2 Å². The number of anilines is 1. The number of imidazole rings is 1. The molecule has 0 aliphatic carbocycles. The average molecular weight is 373 g/mol. The van der Waals surface area contributed by atoms with Crippen molar-refractivity contribution >= 4 is 22.8 Å². The zero-order valence-corrected chi connectivity index (χ0v) is 15.6. The van der Waals surface area contributed by atoms with Gasteiger partial charge in [-0.15, -0.1) is 0 Å². The lowest BCUT2D eigenvalue weighted by molar-refractivity contribution is -0.116. The van der Waals surface area contributed by atoms with E-state index < -0.39 is 0 Å². The first-order valence-electron chi connectivity index (χ1n) is 9.12. The fraction of sp³-hybridized carbons (Fsp3) is 0.190. The number of fused-ring (bicyclic) bond motifs is 2. The van der Waals surface area contributed by atoms with Crippen LogP contribution in [-0.4, -0.2) is 32.8 Å². The van der Waals surface area contributed by atoms with E-state index in [1.807, 2.05) is 55.5 Å². The van der Waals surface area contributed by atoms with Crippen molar-refractivity contribution in [3.63, 3.8) is 0 Å². The van der Waals surface area contributed by atoms with E-state index in [1.54, 1.807) is 11.8 Å². The molecule has 7 nitrogen and oxygen atoms in total. The fourth-order valence-electron chi connectivity index (χ4n) is 3.88. The summed E-state index contributed by atoms with van der Waals surface area (Å²) >= 11 is 0. The van der Waals surface area contributed by atoms with Crippen molar-refractivity contribution in [1.29, 1.82) is 0 Å². The van der Waals surface area contributed by atoms with Crippen molar-refractivity contribution in [2.24, 2.45) is 0 Å². The number of carbonyl (C=O) groups excluding carboxylic acids is 1. The van der Waals surface area contributed by atoms with Gasteiger partial charge >= 0.3 is 0 Å². The van der Waals surface area contributed by atoms with Crippen molar-refractivity contribution in [2.75, 3.05) is 12.4 Å². The highest BCUT2D eigenvalue weighted by molar-refractivity contribution is 5.95. The maximum atomic E-state index is 12.5. The molecule has 1 aliphatic rings. The third kappa shape index (κ3) is 2.55. The standard InChI is InChI=1S/C21H19N5O2/c1-12-19-15(13-6-5-7-14(10-13)28-2)11-18(27)24-20(19)26(25-12)21-22-16-8-3-4-9-17(16)23-21/h3-10,15H,11H2,1-2H3,(H,22,23)(H,24,27)/t15-/m1/s1. The Hall–Kier alpha value is -3.61. The molecule has 2 aromatic heterocycles. The monoisotopic (exact) mass is 373 g/mol. The van der Waals surface area contributed by atoms with Crippen molar-refractivity contribution in [3.05, 3.63) is 65.4 Å². The highest BCUT2D eigenvalue weighted by atomic mass is 16.5. The molecule has 0 saturated heterocycles. The maximum Gasteiger partial charge on any atom is 0.231 e. The molecule has 3 heterocycles. The Morgan fingerprint density at radius 3 is 2.86 bits per heavy atom. The van der Waals surface area contributed by atoms with Gasteiger partial charge < -0.3 is 15.0 Å². The number of H-pyrrole nitrogens is 1. The van der Waals surface area contributed by atoms with Crippen LogP contribution < -0.4 is 10.1 Å². The van der Waals surface area contributed by atoms with Crippen LogP contribution in [0, 0.1) is 6.92 Å². The maximum absolute atomic E-state index is 12.5. The lowest BCUT2D eigenvalue weighted by Gasteiger charge is -2.24. The Labute approximate surface area is 161 Å². The number of methoxy groups -OCH3 is 1. The number of hydrogen-bond acceptors (Lipinski definition) is 4. The summed E-state index contributed by atoms with van der Waals surface area (Å²) < 4.78 is 7.05. The summed E-state index contributed by atoms with van der Waals surface area (Å²) in [5.41, 5.74) is 4.68. The van der Waals surface area contributed by atoms with Crippen LogP contribution in [0.15, 0.2) is 48.5 Å². The number of para-hydroxylation sites is 2. The molecule has 28 heavy (non-hydrogen) atoms. The predicted molar refractivity (Wildman–Crippen MR) is 106 cm³/mol. The van der Waals surface area contributed by atoms with Crippen LogP contribution in [0.25, 0.3) is 17.0 Å². The summed E-state index contributed by atoms with van der Waals surface area (Å²) in [6.45, 7) is 1.96. The molecule has 2 aromatic carbocycles.